The molecule has 2 aromatic rings. The van der Waals surface area contributed by atoms with Gasteiger partial charge in [-0.1, -0.05) is 6.07 Å². The van der Waals surface area contributed by atoms with Crippen LogP contribution in [0.4, 0.5) is 0 Å². The zero-order valence-electron chi connectivity index (χ0n) is 19.6. The fourth-order valence-electron chi connectivity index (χ4n) is 4.52. The van der Waals surface area contributed by atoms with Gasteiger partial charge >= 0.3 is 0 Å². The number of amides is 1. The molecular weight excluding hydrogens is 438 g/mol. The summed E-state index contributed by atoms with van der Waals surface area (Å²) in [5.41, 5.74) is 2.13. The normalized spacial score (nSPS) is 19.0. The number of Topliss-reactive ketones (excluding diaryl/α,β-unsaturated/α-hetero) is 1. The quantitative estimate of drug-likeness (QED) is 0.275. The van der Waals surface area contributed by atoms with Crippen LogP contribution in [0.3, 0.4) is 0 Å². The second-order valence-corrected chi connectivity index (χ2v) is 8.23. The van der Waals surface area contributed by atoms with Crippen molar-refractivity contribution in [2.75, 3.05) is 41.1 Å². The van der Waals surface area contributed by atoms with E-state index in [1.165, 1.54) is 19.1 Å². The molecule has 0 spiro atoms. The number of likely N-dealkylation sites (tertiary alicyclic amines) is 1. The van der Waals surface area contributed by atoms with Crippen molar-refractivity contribution in [2.24, 2.45) is 0 Å². The Morgan fingerprint density at radius 1 is 1.09 bits per heavy atom. The SMILES string of the molecule is COCCCN1C(=O)C(=O)/C(=C(/O)c2ccc3c(c2)CCCO3)C1c1ccc(OC)c(OC)c1. The third-order valence-electron chi connectivity index (χ3n) is 6.19. The number of rotatable bonds is 8. The van der Waals surface area contributed by atoms with Crippen LogP contribution in [-0.2, 0) is 20.7 Å². The highest BCUT2D eigenvalue weighted by Gasteiger charge is 2.46. The minimum atomic E-state index is -0.774. The van der Waals surface area contributed by atoms with Gasteiger partial charge in [-0.25, -0.2) is 0 Å². The molecule has 2 aromatic carbocycles. The average molecular weight is 468 g/mol. The fraction of sp³-hybridized carbons (Fsp3) is 0.385. The molecule has 34 heavy (non-hydrogen) atoms. The van der Waals surface area contributed by atoms with Crippen molar-refractivity contribution in [3.63, 3.8) is 0 Å². The second-order valence-electron chi connectivity index (χ2n) is 8.23. The Morgan fingerprint density at radius 3 is 2.62 bits per heavy atom. The van der Waals surface area contributed by atoms with Crippen LogP contribution in [0.25, 0.3) is 5.76 Å². The van der Waals surface area contributed by atoms with Crippen LogP contribution in [0.2, 0.25) is 0 Å². The zero-order chi connectivity index (χ0) is 24.2. The summed E-state index contributed by atoms with van der Waals surface area (Å²) in [5.74, 6) is 0.188. The lowest BCUT2D eigenvalue weighted by Gasteiger charge is -2.26. The summed E-state index contributed by atoms with van der Waals surface area (Å²) >= 11 is 0. The first kappa shape index (κ1) is 23.6. The standard InChI is InChI=1S/C26H29NO7/c1-31-12-5-11-27-23(17-7-10-20(32-2)21(15-17)33-3)22(25(29)26(27)30)24(28)18-8-9-19-16(14-18)6-4-13-34-19/h7-10,14-15,23,28H,4-6,11-13H2,1-3H3/b24-22+. The number of methoxy groups -OCH3 is 3. The molecular formula is C26H29NO7. The van der Waals surface area contributed by atoms with Gasteiger partial charge in [-0.15, -0.1) is 0 Å². The summed E-state index contributed by atoms with van der Waals surface area (Å²) < 4.78 is 21.6. The van der Waals surface area contributed by atoms with Crippen LogP contribution >= 0.6 is 0 Å². The molecule has 1 fully saturated rings. The van der Waals surface area contributed by atoms with E-state index in [9.17, 15) is 14.7 Å². The van der Waals surface area contributed by atoms with Crippen LogP contribution in [-0.4, -0.2) is 62.8 Å². The maximum atomic E-state index is 13.2. The second kappa shape index (κ2) is 10.2. The molecule has 180 valence electrons. The summed E-state index contributed by atoms with van der Waals surface area (Å²) in [4.78, 5) is 27.7. The molecule has 1 amide bonds. The summed E-state index contributed by atoms with van der Waals surface area (Å²) in [6.45, 7) is 1.39. The van der Waals surface area contributed by atoms with Crippen molar-refractivity contribution in [3.8, 4) is 17.2 Å². The van der Waals surface area contributed by atoms with Gasteiger partial charge in [0.05, 0.1) is 32.4 Å². The monoisotopic (exact) mass is 467 g/mol. The zero-order valence-corrected chi connectivity index (χ0v) is 19.6. The highest BCUT2D eigenvalue weighted by atomic mass is 16.5. The van der Waals surface area contributed by atoms with E-state index in [0.717, 1.165) is 24.2 Å². The third-order valence-corrected chi connectivity index (χ3v) is 6.19. The number of carbonyl (C=O) groups excluding carboxylic acids is 2. The first-order valence-corrected chi connectivity index (χ1v) is 11.3. The molecule has 0 aliphatic carbocycles. The van der Waals surface area contributed by atoms with Crippen LogP contribution < -0.4 is 14.2 Å². The number of nitrogens with zero attached hydrogens (tertiary/aromatic N) is 1. The summed E-state index contributed by atoms with van der Waals surface area (Å²) in [6, 6.07) is 9.78. The maximum absolute atomic E-state index is 13.2. The first-order chi connectivity index (χ1) is 16.5. The van der Waals surface area contributed by atoms with Crippen molar-refractivity contribution in [1.29, 1.82) is 0 Å². The number of ketones is 1. The Morgan fingerprint density at radius 2 is 1.88 bits per heavy atom. The van der Waals surface area contributed by atoms with E-state index in [2.05, 4.69) is 0 Å². The van der Waals surface area contributed by atoms with Crippen LogP contribution in [0.1, 0.15) is 35.6 Å². The highest BCUT2D eigenvalue weighted by molar-refractivity contribution is 6.46. The van der Waals surface area contributed by atoms with E-state index in [1.54, 1.807) is 37.4 Å². The number of hydrogen-bond donors (Lipinski definition) is 1. The van der Waals surface area contributed by atoms with Gasteiger partial charge < -0.3 is 29.0 Å². The molecule has 8 heteroatoms. The lowest BCUT2D eigenvalue weighted by molar-refractivity contribution is -0.140. The van der Waals surface area contributed by atoms with E-state index < -0.39 is 17.7 Å². The van der Waals surface area contributed by atoms with Gasteiger partial charge in [0.1, 0.15) is 11.5 Å². The smallest absolute Gasteiger partial charge is 0.295 e. The van der Waals surface area contributed by atoms with Crippen molar-refractivity contribution >= 4 is 17.4 Å². The van der Waals surface area contributed by atoms with Gasteiger partial charge in [-0.2, -0.15) is 0 Å². The van der Waals surface area contributed by atoms with Gasteiger partial charge in [-0.3, -0.25) is 9.59 Å². The van der Waals surface area contributed by atoms with Gasteiger partial charge in [0.25, 0.3) is 11.7 Å². The van der Waals surface area contributed by atoms with E-state index >= 15 is 0 Å². The predicted octanol–water partition coefficient (Wildman–Crippen LogP) is 3.49. The average Bonchev–Trinajstić information content (AvgIpc) is 3.12. The summed E-state index contributed by atoms with van der Waals surface area (Å²) in [6.07, 6.45) is 2.25. The number of fused-ring (bicyclic) bond motifs is 1. The highest BCUT2D eigenvalue weighted by Crippen LogP contribution is 2.42. The minimum Gasteiger partial charge on any atom is -0.507 e. The van der Waals surface area contributed by atoms with Crippen molar-refractivity contribution in [2.45, 2.75) is 25.3 Å². The topological polar surface area (TPSA) is 94.5 Å². The first-order valence-electron chi connectivity index (χ1n) is 11.3. The van der Waals surface area contributed by atoms with Gasteiger partial charge in [0.15, 0.2) is 11.5 Å². The Hall–Kier alpha value is -3.52. The molecule has 2 aliphatic rings. The number of ether oxygens (including phenoxy) is 4. The fourth-order valence-corrected chi connectivity index (χ4v) is 4.52. The molecule has 1 unspecified atom stereocenters. The van der Waals surface area contributed by atoms with Gasteiger partial charge in [0.2, 0.25) is 0 Å². The Kier molecular flexibility index (Phi) is 7.07. The van der Waals surface area contributed by atoms with Crippen LogP contribution in [0.15, 0.2) is 42.0 Å². The van der Waals surface area contributed by atoms with E-state index in [0.29, 0.717) is 48.8 Å². The number of aliphatic hydroxyl groups excluding tert-OH is 1. The van der Waals surface area contributed by atoms with E-state index in [4.69, 9.17) is 18.9 Å². The lowest BCUT2D eigenvalue weighted by Crippen LogP contribution is -2.31. The number of aliphatic hydroxyl groups is 1. The van der Waals surface area contributed by atoms with E-state index in [-0.39, 0.29) is 11.3 Å². The van der Waals surface area contributed by atoms with Crippen molar-refractivity contribution in [1.82, 2.24) is 4.90 Å². The Balaban J connectivity index is 1.83. The number of hydrogen-bond acceptors (Lipinski definition) is 7. The molecule has 8 nitrogen and oxygen atoms in total. The molecule has 0 aromatic heterocycles. The Labute approximate surface area is 198 Å². The lowest BCUT2D eigenvalue weighted by atomic mass is 9.93. The molecule has 0 saturated carbocycles. The van der Waals surface area contributed by atoms with Crippen molar-refractivity contribution in [3.05, 3.63) is 58.7 Å². The predicted molar refractivity (Wildman–Crippen MR) is 125 cm³/mol. The summed E-state index contributed by atoms with van der Waals surface area (Å²) in [7, 11) is 4.64. The number of carbonyl (C=O) groups is 2. The molecule has 0 bridgehead atoms. The van der Waals surface area contributed by atoms with Gasteiger partial charge in [-0.05, 0) is 60.7 Å². The third kappa shape index (κ3) is 4.33. The maximum Gasteiger partial charge on any atom is 0.295 e. The molecule has 2 heterocycles. The van der Waals surface area contributed by atoms with Crippen LogP contribution in [0, 0.1) is 0 Å². The van der Waals surface area contributed by atoms with Gasteiger partial charge in [0, 0.05) is 25.8 Å². The molecule has 2 aliphatic heterocycles. The van der Waals surface area contributed by atoms with Crippen molar-refractivity contribution < 1.29 is 33.6 Å². The molecule has 4 rings (SSSR count). The number of benzene rings is 2. The molecule has 0 radical (unpaired) electrons. The van der Waals surface area contributed by atoms with Crippen LogP contribution in [0.5, 0.6) is 17.2 Å². The Bertz CT molecular complexity index is 1120. The molecule has 1 N–H and O–H groups in total. The summed E-state index contributed by atoms with van der Waals surface area (Å²) in [5, 5.41) is 11.3. The largest absolute Gasteiger partial charge is 0.507 e. The minimum absolute atomic E-state index is 0.0475. The van der Waals surface area contributed by atoms with E-state index in [1.807, 2.05) is 6.07 Å². The molecule has 1 saturated heterocycles. The molecule has 1 atom stereocenters. The number of aryl methyl sites for hydroxylation is 1.